The lowest BCUT2D eigenvalue weighted by Gasteiger charge is -2.36. The normalized spacial score (nSPS) is 14.3. The number of fused-ring (bicyclic) bond motifs is 1. The van der Waals surface area contributed by atoms with Crippen molar-refractivity contribution in [3.05, 3.63) is 76.5 Å². The Balaban J connectivity index is 1.35. The van der Waals surface area contributed by atoms with Gasteiger partial charge >= 0.3 is 0 Å². The fourth-order valence-electron chi connectivity index (χ4n) is 4.08. The molecule has 1 saturated heterocycles. The number of hydrogen-bond acceptors (Lipinski definition) is 6. The number of hydrogen-bond donors (Lipinski definition) is 0. The van der Waals surface area contributed by atoms with Gasteiger partial charge in [0, 0.05) is 59.6 Å². The van der Waals surface area contributed by atoms with Gasteiger partial charge in [-0.15, -0.1) is 11.3 Å². The van der Waals surface area contributed by atoms with E-state index in [4.69, 9.17) is 4.42 Å². The maximum atomic E-state index is 13.5. The summed E-state index contributed by atoms with van der Waals surface area (Å²) in [5.74, 6) is 1.11. The number of nitrogens with zero attached hydrogens (tertiary/aromatic N) is 3. The molecule has 1 aliphatic heterocycles. The zero-order valence-electron chi connectivity index (χ0n) is 18.2. The van der Waals surface area contributed by atoms with Gasteiger partial charge in [0.05, 0.1) is 0 Å². The van der Waals surface area contributed by atoms with E-state index in [9.17, 15) is 4.79 Å². The molecule has 0 bridgehead atoms. The van der Waals surface area contributed by atoms with Crippen LogP contribution in [0, 0.1) is 13.8 Å². The van der Waals surface area contributed by atoms with Crippen molar-refractivity contribution < 1.29 is 9.21 Å². The molecule has 1 aliphatic rings. The minimum atomic E-state index is -0.0176. The van der Waals surface area contributed by atoms with Gasteiger partial charge in [0.25, 0.3) is 5.91 Å². The van der Waals surface area contributed by atoms with E-state index in [2.05, 4.69) is 46.5 Å². The third-order valence-corrected chi connectivity index (χ3v) is 7.93. The van der Waals surface area contributed by atoms with E-state index < -0.39 is 0 Å². The van der Waals surface area contributed by atoms with Crippen LogP contribution in [0.1, 0.15) is 27.4 Å². The van der Waals surface area contributed by atoms with E-state index in [-0.39, 0.29) is 5.91 Å². The summed E-state index contributed by atoms with van der Waals surface area (Å²) >= 11 is 3.30. The number of para-hydroxylation sites is 1. The van der Waals surface area contributed by atoms with Gasteiger partial charge in [0.15, 0.2) is 5.76 Å². The molecule has 3 heterocycles. The molecular weight excluding hydrogens is 438 g/mol. The predicted molar refractivity (Wildman–Crippen MR) is 132 cm³/mol. The lowest BCUT2D eigenvalue weighted by atomic mass is 10.1. The quantitative estimate of drug-likeness (QED) is 0.352. The number of anilines is 1. The summed E-state index contributed by atoms with van der Waals surface area (Å²) in [6, 6.07) is 16.4. The van der Waals surface area contributed by atoms with Crippen LogP contribution in [0.5, 0.6) is 0 Å². The molecule has 4 aromatic rings. The fourth-order valence-corrected chi connectivity index (χ4v) is 5.96. The second-order valence-electron chi connectivity index (χ2n) is 8.07. The van der Waals surface area contributed by atoms with Crippen molar-refractivity contribution in [3.8, 4) is 0 Å². The Hall–Kier alpha value is -2.77. The van der Waals surface area contributed by atoms with Crippen LogP contribution in [0.15, 0.2) is 62.7 Å². The zero-order valence-corrected chi connectivity index (χ0v) is 19.8. The highest BCUT2D eigenvalue weighted by Gasteiger charge is 2.28. The molecule has 7 heteroatoms. The first kappa shape index (κ1) is 21.1. The lowest BCUT2D eigenvalue weighted by molar-refractivity contribution is 0.0716. The molecule has 2 aromatic heterocycles. The number of amides is 1. The lowest BCUT2D eigenvalue weighted by Crippen LogP contribution is -2.48. The number of thioether (sulfide) groups is 1. The average Bonchev–Trinajstić information content (AvgIpc) is 3.40. The highest BCUT2D eigenvalue weighted by Crippen LogP contribution is 2.34. The van der Waals surface area contributed by atoms with Crippen molar-refractivity contribution in [2.45, 2.75) is 23.9 Å². The number of benzene rings is 2. The van der Waals surface area contributed by atoms with Crippen LogP contribution >= 0.6 is 23.1 Å². The number of aryl methyl sites for hydroxylation is 2. The molecule has 1 fully saturated rings. The van der Waals surface area contributed by atoms with Gasteiger partial charge in [-0.1, -0.05) is 42.1 Å². The summed E-state index contributed by atoms with van der Waals surface area (Å²) in [5.41, 5.74) is 5.22. The maximum absolute atomic E-state index is 13.5. The summed E-state index contributed by atoms with van der Waals surface area (Å²) in [5, 5.41) is 3.06. The van der Waals surface area contributed by atoms with Crippen molar-refractivity contribution >= 4 is 45.7 Å². The van der Waals surface area contributed by atoms with E-state index in [0.29, 0.717) is 24.6 Å². The van der Waals surface area contributed by atoms with Crippen LogP contribution in [0.2, 0.25) is 0 Å². The van der Waals surface area contributed by atoms with Crippen LogP contribution in [0.4, 0.5) is 5.69 Å². The van der Waals surface area contributed by atoms with Crippen molar-refractivity contribution in [3.63, 3.8) is 0 Å². The Kier molecular flexibility index (Phi) is 5.93. The van der Waals surface area contributed by atoms with E-state index in [1.54, 1.807) is 23.1 Å². The minimum Gasteiger partial charge on any atom is -0.451 e. The molecule has 32 heavy (non-hydrogen) atoms. The van der Waals surface area contributed by atoms with Gasteiger partial charge in [-0.3, -0.25) is 4.79 Å². The van der Waals surface area contributed by atoms with E-state index >= 15 is 0 Å². The van der Waals surface area contributed by atoms with Crippen molar-refractivity contribution in [1.29, 1.82) is 0 Å². The summed E-state index contributed by atoms with van der Waals surface area (Å²) < 4.78 is 7.11. The van der Waals surface area contributed by atoms with Crippen LogP contribution < -0.4 is 4.90 Å². The molecule has 1 amide bonds. The number of furan rings is 1. The molecule has 0 N–H and O–H groups in total. The Morgan fingerprint density at radius 3 is 2.66 bits per heavy atom. The molecule has 0 saturated carbocycles. The monoisotopic (exact) mass is 463 g/mol. The highest BCUT2D eigenvalue weighted by atomic mass is 32.2. The van der Waals surface area contributed by atoms with Gasteiger partial charge in [-0.2, -0.15) is 0 Å². The van der Waals surface area contributed by atoms with Gasteiger partial charge in [-0.05, 0) is 37.6 Å². The highest BCUT2D eigenvalue weighted by molar-refractivity contribution is 8.00. The second-order valence-corrected chi connectivity index (χ2v) is 10.1. The van der Waals surface area contributed by atoms with Gasteiger partial charge in [-0.25, -0.2) is 4.98 Å². The van der Waals surface area contributed by atoms with E-state index in [1.165, 1.54) is 11.3 Å². The first-order valence-electron chi connectivity index (χ1n) is 10.7. The standard InChI is InChI=1S/C25H25N3O2S2/c1-17-6-5-7-19(14-17)27-10-12-28(13-11-27)24(29)23-21(16-32-25-26-18(2)15-31-25)20-8-3-4-9-22(20)30-23/h3-9,14-15H,10-13,16H2,1-2H3. The molecular formula is C25H25N3O2S2. The summed E-state index contributed by atoms with van der Waals surface area (Å²) in [7, 11) is 0. The molecule has 164 valence electrons. The smallest absolute Gasteiger partial charge is 0.290 e. The number of rotatable bonds is 5. The van der Waals surface area contributed by atoms with E-state index in [0.717, 1.165) is 39.7 Å². The van der Waals surface area contributed by atoms with Crippen LogP contribution in [0.25, 0.3) is 11.0 Å². The van der Waals surface area contributed by atoms with Crippen LogP contribution in [-0.4, -0.2) is 42.0 Å². The molecule has 0 aliphatic carbocycles. The Morgan fingerprint density at radius 1 is 1.09 bits per heavy atom. The minimum absolute atomic E-state index is 0.0176. The number of aromatic nitrogens is 1. The molecule has 0 radical (unpaired) electrons. The van der Waals surface area contributed by atoms with E-state index in [1.807, 2.05) is 36.1 Å². The number of carbonyl (C=O) groups is 1. The van der Waals surface area contributed by atoms with Crippen molar-refractivity contribution in [2.24, 2.45) is 0 Å². The molecule has 0 atom stereocenters. The maximum Gasteiger partial charge on any atom is 0.290 e. The largest absolute Gasteiger partial charge is 0.451 e. The topological polar surface area (TPSA) is 49.6 Å². The average molecular weight is 464 g/mol. The number of piperazine rings is 1. The summed E-state index contributed by atoms with van der Waals surface area (Å²) in [4.78, 5) is 22.3. The Morgan fingerprint density at radius 2 is 1.91 bits per heavy atom. The molecule has 5 rings (SSSR count). The first-order valence-corrected chi connectivity index (χ1v) is 12.6. The predicted octanol–water partition coefficient (Wildman–Crippen LogP) is 5.76. The SMILES string of the molecule is Cc1cccc(N2CCN(C(=O)c3oc4ccccc4c3CSc3nc(C)cs3)CC2)c1. The Labute approximate surface area is 196 Å². The molecule has 2 aromatic carbocycles. The number of carbonyl (C=O) groups excluding carboxylic acids is 1. The third-order valence-electron chi connectivity index (χ3n) is 5.76. The molecule has 0 unspecified atom stereocenters. The van der Waals surface area contributed by atoms with Gasteiger partial charge in [0.1, 0.15) is 9.92 Å². The van der Waals surface area contributed by atoms with Crippen molar-refractivity contribution in [2.75, 3.05) is 31.1 Å². The fraction of sp³-hybridized carbons (Fsp3) is 0.280. The molecule has 0 spiro atoms. The van der Waals surface area contributed by atoms with Gasteiger partial charge < -0.3 is 14.2 Å². The van der Waals surface area contributed by atoms with Crippen LogP contribution in [0.3, 0.4) is 0 Å². The third kappa shape index (κ3) is 4.27. The zero-order chi connectivity index (χ0) is 22.1. The van der Waals surface area contributed by atoms with Gasteiger partial charge in [0.2, 0.25) is 0 Å². The summed E-state index contributed by atoms with van der Waals surface area (Å²) in [6.45, 7) is 7.11. The first-order chi connectivity index (χ1) is 15.6. The Bertz CT molecular complexity index is 1260. The van der Waals surface area contributed by atoms with Crippen molar-refractivity contribution in [1.82, 2.24) is 9.88 Å². The summed E-state index contributed by atoms with van der Waals surface area (Å²) in [6.07, 6.45) is 0. The van der Waals surface area contributed by atoms with Crippen LogP contribution in [-0.2, 0) is 5.75 Å². The molecule has 5 nitrogen and oxygen atoms in total. The second kappa shape index (κ2) is 9.00. The number of thiazole rings is 1.